The van der Waals surface area contributed by atoms with Crippen molar-refractivity contribution < 1.29 is 13.2 Å². The van der Waals surface area contributed by atoms with Gasteiger partial charge in [-0.3, -0.25) is 0 Å². The zero-order valence-corrected chi connectivity index (χ0v) is 10.8. The Morgan fingerprint density at radius 1 is 1.12 bits per heavy atom. The van der Waals surface area contributed by atoms with Crippen LogP contribution in [-0.2, 0) is 10.0 Å². The van der Waals surface area contributed by atoms with Gasteiger partial charge in [0.25, 0.3) is 5.92 Å². The van der Waals surface area contributed by atoms with Gasteiger partial charge < -0.3 is 4.43 Å². The summed E-state index contributed by atoms with van der Waals surface area (Å²) in [5.41, 5.74) is -0.749. The Bertz CT molecular complexity index is 386. The summed E-state index contributed by atoms with van der Waals surface area (Å²) in [5, 5.41) is 0. The Hall–Kier alpha value is -0.743. The predicted octanol–water partition coefficient (Wildman–Crippen LogP) is 3.77. The Balaban J connectivity index is 2.33. The maximum atomic E-state index is 13.6. The molecule has 0 saturated heterocycles. The van der Waals surface area contributed by atoms with Crippen molar-refractivity contribution in [3.05, 3.63) is 35.9 Å². The molecular formula is C12H16F2OSi. The highest BCUT2D eigenvalue weighted by Gasteiger charge is 2.74. The molecule has 0 N–H and O–H groups in total. The fraction of sp³-hybridized carbons (Fsp3) is 0.500. The Morgan fingerprint density at radius 3 is 2.00 bits per heavy atom. The topological polar surface area (TPSA) is 9.23 Å². The van der Waals surface area contributed by atoms with Crippen molar-refractivity contribution in [2.75, 3.05) is 0 Å². The second-order valence-electron chi connectivity index (χ2n) is 5.29. The summed E-state index contributed by atoms with van der Waals surface area (Å²) in [6, 6.07) is 8.83. The first-order valence-electron chi connectivity index (χ1n) is 5.40. The van der Waals surface area contributed by atoms with E-state index >= 15 is 0 Å². The lowest BCUT2D eigenvalue weighted by Gasteiger charge is -2.27. The van der Waals surface area contributed by atoms with E-state index in [1.807, 2.05) is 25.7 Å². The first-order chi connectivity index (χ1) is 7.27. The van der Waals surface area contributed by atoms with Crippen LogP contribution in [0.2, 0.25) is 19.6 Å². The molecule has 1 aromatic rings. The highest BCUT2D eigenvalue weighted by atomic mass is 28.4. The largest absolute Gasteiger partial charge is 0.402 e. The molecule has 1 saturated carbocycles. The molecule has 88 valence electrons. The van der Waals surface area contributed by atoms with Crippen molar-refractivity contribution in [1.82, 2.24) is 0 Å². The van der Waals surface area contributed by atoms with Crippen molar-refractivity contribution in [3.63, 3.8) is 0 Å². The van der Waals surface area contributed by atoms with E-state index in [-0.39, 0.29) is 6.42 Å². The summed E-state index contributed by atoms with van der Waals surface area (Å²) < 4.78 is 32.9. The molecule has 4 heteroatoms. The number of benzene rings is 1. The molecule has 1 fully saturated rings. The van der Waals surface area contributed by atoms with E-state index in [1.54, 1.807) is 24.3 Å². The fourth-order valence-corrected chi connectivity index (χ4v) is 3.37. The maximum Gasteiger partial charge on any atom is 0.283 e. The summed E-state index contributed by atoms with van der Waals surface area (Å²) in [4.78, 5) is 0. The lowest BCUT2D eigenvalue weighted by Crippen LogP contribution is -2.35. The van der Waals surface area contributed by atoms with Crippen LogP contribution in [0.3, 0.4) is 0 Å². The monoisotopic (exact) mass is 242 g/mol. The van der Waals surface area contributed by atoms with Crippen LogP contribution in [0.25, 0.3) is 0 Å². The number of rotatable bonds is 3. The van der Waals surface area contributed by atoms with Gasteiger partial charge in [-0.2, -0.15) is 0 Å². The van der Waals surface area contributed by atoms with Crippen molar-refractivity contribution in [1.29, 1.82) is 0 Å². The molecule has 1 nitrogen and oxygen atoms in total. The first-order valence-corrected chi connectivity index (χ1v) is 8.81. The number of hydrogen-bond acceptors (Lipinski definition) is 1. The van der Waals surface area contributed by atoms with E-state index in [0.29, 0.717) is 5.56 Å². The lowest BCUT2D eigenvalue weighted by atomic mass is 10.1. The molecule has 1 aliphatic rings. The van der Waals surface area contributed by atoms with Gasteiger partial charge in [-0.15, -0.1) is 0 Å². The number of halogens is 2. The van der Waals surface area contributed by atoms with Gasteiger partial charge in [0.1, 0.15) is 0 Å². The van der Waals surface area contributed by atoms with Crippen LogP contribution in [0.1, 0.15) is 12.0 Å². The fourth-order valence-electron chi connectivity index (χ4n) is 1.98. The van der Waals surface area contributed by atoms with Crippen LogP contribution in [0.15, 0.2) is 30.3 Å². The van der Waals surface area contributed by atoms with E-state index in [1.165, 1.54) is 0 Å². The van der Waals surface area contributed by atoms with Crippen LogP contribution < -0.4 is 0 Å². The molecule has 0 aromatic heterocycles. The molecule has 0 spiro atoms. The number of hydrogen-bond donors (Lipinski definition) is 0. The van der Waals surface area contributed by atoms with Crippen molar-refractivity contribution in [2.45, 2.75) is 37.6 Å². The molecule has 1 aliphatic carbocycles. The molecule has 16 heavy (non-hydrogen) atoms. The molecule has 0 heterocycles. The van der Waals surface area contributed by atoms with E-state index in [0.717, 1.165) is 0 Å². The molecular weight excluding hydrogens is 226 g/mol. The van der Waals surface area contributed by atoms with Gasteiger partial charge in [0, 0.05) is 0 Å². The average molecular weight is 242 g/mol. The van der Waals surface area contributed by atoms with Crippen LogP contribution in [0.4, 0.5) is 8.78 Å². The highest BCUT2D eigenvalue weighted by Crippen LogP contribution is 2.63. The Labute approximate surface area is 95.6 Å². The van der Waals surface area contributed by atoms with Crippen molar-refractivity contribution in [2.24, 2.45) is 0 Å². The van der Waals surface area contributed by atoms with Gasteiger partial charge in [-0.25, -0.2) is 8.78 Å². The molecule has 0 bridgehead atoms. The second-order valence-corrected chi connectivity index (χ2v) is 9.72. The molecule has 0 radical (unpaired) electrons. The van der Waals surface area contributed by atoms with E-state index < -0.39 is 19.8 Å². The molecule has 0 unspecified atom stereocenters. The summed E-state index contributed by atoms with van der Waals surface area (Å²) in [6.07, 6.45) is -0.186. The first kappa shape index (κ1) is 11.7. The number of alkyl halides is 2. The maximum absolute atomic E-state index is 13.6. The summed E-state index contributed by atoms with van der Waals surface area (Å²) in [7, 11) is -1.98. The van der Waals surface area contributed by atoms with Crippen LogP contribution in [0.5, 0.6) is 0 Å². The Kier molecular flexibility index (Phi) is 2.47. The molecule has 0 amide bonds. The minimum absolute atomic E-state index is 0.186. The van der Waals surface area contributed by atoms with Gasteiger partial charge in [0.15, 0.2) is 13.9 Å². The molecule has 0 aliphatic heterocycles. The third-order valence-electron chi connectivity index (χ3n) is 2.66. The van der Waals surface area contributed by atoms with Gasteiger partial charge in [0.05, 0.1) is 6.42 Å². The van der Waals surface area contributed by atoms with Gasteiger partial charge in [-0.05, 0) is 25.2 Å². The summed E-state index contributed by atoms with van der Waals surface area (Å²) >= 11 is 0. The van der Waals surface area contributed by atoms with E-state index in [9.17, 15) is 8.78 Å². The second kappa shape index (κ2) is 3.37. The van der Waals surface area contributed by atoms with Gasteiger partial charge >= 0.3 is 0 Å². The lowest BCUT2D eigenvalue weighted by molar-refractivity contribution is 0.00369. The van der Waals surface area contributed by atoms with Gasteiger partial charge in [0.2, 0.25) is 0 Å². The minimum Gasteiger partial charge on any atom is -0.402 e. The van der Waals surface area contributed by atoms with Crippen LogP contribution in [-0.4, -0.2) is 14.2 Å². The standard InChI is InChI=1S/C12H16F2OSi/c1-16(2,3)15-11(9-12(11,13)14)10-7-5-4-6-8-10/h4-8H,9H2,1-3H3/t11-/m0/s1. The van der Waals surface area contributed by atoms with Gasteiger partial charge in [-0.1, -0.05) is 30.3 Å². The molecule has 1 atom stereocenters. The summed E-state index contributed by atoms with van der Waals surface area (Å²) in [5.74, 6) is -2.71. The normalized spacial score (nSPS) is 27.8. The van der Waals surface area contributed by atoms with E-state index in [2.05, 4.69) is 0 Å². The average Bonchev–Trinajstić information content (AvgIpc) is 2.68. The minimum atomic E-state index is -2.71. The smallest absolute Gasteiger partial charge is 0.283 e. The third-order valence-corrected chi connectivity index (χ3v) is 3.62. The Morgan fingerprint density at radius 2 is 1.62 bits per heavy atom. The van der Waals surface area contributed by atoms with Crippen LogP contribution in [0, 0.1) is 0 Å². The quantitative estimate of drug-likeness (QED) is 0.733. The summed E-state index contributed by atoms with van der Waals surface area (Å²) in [6.45, 7) is 5.81. The third kappa shape index (κ3) is 1.91. The van der Waals surface area contributed by atoms with Crippen molar-refractivity contribution in [3.8, 4) is 0 Å². The zero-order valence-electron chi connectivity index (χ0n) is 9.76. The molecule has 1 aromatic carbocycles. The molecule has 2 rings (SSSR count). The van der Waals surface area contributed by atoms with Crippen molar-refractivity contribution >= 4 is 8.32 Å². The predicted molar refractivity (Wildman–Crippen MR) is 62.1 cm³/mol. The SMILES string of the molecule is C[Si](C)(C)O[C@]1(c2ccccc2)CC1(F)F. The highest BCUT2D eigenvalue weighted by molar-refractivity contribution is 6.69. The van der Waals surface area contributed by atoms with E-state index in [4.69, 9.17) is 4.43 Å². The zero-order chi connectivity index (χ0) is 12.0. The van der Waals surface area contributed by atoms with Crippen LogP contribution >= 0.6 is 0 Å².